The average molecular weight is 421 g/mol. The highest BCUT2D eigenvalue weighted by molar-refractivity contribution is 5.77. The van der Waals surface area contributed by atoms with Crippen molar-refractivity contribution in [2.24, 2.45) is 0 Å². The van der Waals surface area contributed by atoms with E-state index in [-0.39, 0.29) is 17.7 Å². The van der Waals surface area contributed by atoms with Gasteiger partial charge in [0.05, 0.1) is 23.2 Å². The Balaban J connectivity index is 1.83. The highest BCUT2D eigenvalue weighted by Gasteiger charge is 2.57. The minimum absolute atomic E-state index is 0.101. The number of hydrogen-bond donors (Lipinski definition) is 1. The molecule has 3 aromatic rings. The second-order valence-corrected chi connectivity index (χ2v) is 7.77. The lowest BCUT2D eigenvalue weighted by molar-refractivity contribution is -0.286. The molecule has 158 valence electrons. The van der Waals surface area contributed by atoms with Gasteiger partial charge in [0, 0.05) is 41.7 Å². The van der Waals surface area contributed by atoms with Crippen molar-refractivity contribution in [3.8, 4) is 0 Å². The van der Waals surface area contributed by atoms with Crippen LogP contribution in [0, 0.1) is 12.7 Å². The normalized spacial score (nSPS) is 24.9. The number of alkyl halides is 3. The van der Waals surface area contributed by atoms with Crippen molar-refractivity contribution in [3.05, 3.63) is 69.8 Å². The number of aryl methyl sites for hydroxylation is 1. The van der Waals surface area contributed by atoms with Crippen LogP contribution in [0.15, 0.2) is 41.5 Å². The number of fused-ring (bicyclic) bond motifs is 1. The molecule has 0 radical (unpaired) electrons. The lowest BCUT2D eigenvalue weighted by atomic mass is 9.76. The second kappa shape index (κ2) is 7.16. The largest absolute Gasteiger partial charge is 0.417 e. The minimum atomic E-state index is -4.59. The number of aromatic amines is 1. The third-order valence-electron chi connectivity index (χ3n) is 5.75. The Bertz CT molecular complexity index is 1160. The van der Waals surface area contributed by atoms with E-state index >= 15 is 0 Å². The summed E-state index contributed by atoms with van der Waals surface area (Å²) in [5.74, 6) is -1.87. The van der Waals surface area contributed by atoms with Gasteiger partial charge in [-0.15, -0.1) is 0 Å². The van der Waals surface area contributed by atoms with Gasteiger partial charge in [-0.3, -0.25) is 14.8 Å². The van der Waals surface area contributed by atoms with Gasteiger partial charge in [-0.25, -0.2) is 4.39 Å². The molecule has 5 nitrogen and oxygen atoms in total. The molecule has 0 aromatic carbocycles. The van der Waals surface area contributed by atoms with E-state index in [4.69, 9.17) is 4.74 Å². The number of rotatable bonds is 2. The van der Waals surface area contributed by atoms with Crippen molar-refractivity contribution in [1.82, 2.24) is 15.0 Å². The fourth-order valence-corrected chi connectivity index (χ4v) is 3.91. The molecule has 3 aromatic heterocycles. The van der Waals surface area contributed by atoms with Gasteiger partial charge >= 0.3 is 6.18 Å². The van der Waals surface area contributed by atoms with Crippen LogP contribution in [0.4, 0.5) is 17.6 Å². The maximum Gasteiger partial charge on any atom is 0.417 e. The molecule has 0 spiro atoms. The molecular formula is C21H19F4N3O2. The predicted molar refractivity (Wildman–Crippen MR) is 102 cm³/mol. The first kappa shape index (κ1) is 20.5. The first-order valence-corrected chi connectivity index (χ1v) is 9.40. The third-order valence-corrected chi connectivity index (χ3v) is 5.75. The van der Waals surface area contributed by atoms with Crippen molar-refractivity contribution in [1.29, 1.82) is 0 Å². The molecule has 1 aliphatic rings. The SMILES string of the molecule is Cc1nc([C@@H]2C[C@](C)(C(F)(F)F)OC[C@H]2c2cc(=O)c3cnccc3[nH]2)ccc1F. The van der Waals surface area contributed by atoms with Crippen molar-refractivity contribution in [2.45, 2.75) is 43.9 Å². The van der Waals surface area contributed by atoms with E-state index in [1.165, 1.54) is 37.5 Å². The van der Waals surface area contributed by atoms with E-state index in [0.29, 0.717) is 22.3 Å². The summed E-state index contributed by atoms with van der Waals surface area (Å²) in [6.07, 6.45) is -2.05. The van der Waals surface area contributed by atoms with Crippen LogP contribution >= 0.6 is 0 Å². The van der Waals surface area contributed by atoms with Crippen molar-refractivity contribution < 1.29 is 22.3 Å². The number of nitrogens with zero attached hydrogens (tertiary/aromatic N) is 2. The number of nitrogens with one attached hydrogen (secondary N) is 1. The summed E-state index contributed by atoms with van der Waals surface area (Å²) < 4.78 is 60.1. The van der Waals surface area contributed by atoms with Crippen LogP contribution in [0.2, 0.25) is 0 Å². The van der Waals surface area contributed by atoms with Gasteiger partial charge in [0.25, 0.3) is 0 Å². The van der Waals surface area contributed by atoms with Crippen molar-refractivity contribution >= 4 is 10.9 Å². The number of hydrogen-bond acceptors (Lipinski definition) is 4. The van der Waals surface area contributed by atoms with E-state index in [1.54, 1.807) is 6.07 Å². The summed E-state index contributed by atoms with van der Waals surface area (Å²) in [4.78, 5) is 23.8. The van der Waals surface area contributed by atoms with Gasteiger partial charge < -0.3 is 9.72 Å². The van der Waals surface area contributed by atoms with Crippen molar-refractivity contribution in [3.63, 3.8) is 0 Å². The molecule has 1 N–H and O–H groups in total. The van der Waals surface area contributed by atoms with Gasteiger partial charge in [-0.2, -0.15) is 13.2 Å². The summed E-state index contributed by atoms with van der Waals surface area (Å²) in [7, 11) is 0. The molecule has 3 atom stereocenters. The van der Waals surface area contributed by atoms with Crippen LogP contribution in [-0.4, -0.2) is 33.3 Å². The Hall–Kier alpha value is -2.81. The molecule has 1 fully saturated rings. The summed E-state index contributed by atoms with van der Waals surface area (Å²) >= 11 is 0. The number of aromatic nitrogens is 3. The summed E-state index contributed by atoms with van der Waals surface area (Å²) in [5, 5.41) is 0.380. The molecule has 1 saturated heterocycles. The lowest BCUT2D eigenvalue weighted by Gasteiger charge is -2.43. The van der Waals surface area contributed by atoms with Crippen LogP contribution in [0.5, 0.6) is 0 Å². The van der Waals surface area contributed by atoms with Crippen LogP contribution in [0.25, 0.3) is 10.9 Å². The maximum absolute atomic E-state index is 13.7. The summed E-state index contributed by atoms with van der Waals surface area (Å²) in [5.41, 5.74) is -1.27. The van der Waals surface area contributed by atoms with E-state index in [9.17, 15) is 22.4 Å². The molecule has 0 saturated carbocycles. The summed E-state index contributed by atoms with van der Waals surface area (Å²) in [6, 6.07) is 5.58. The first-order valence-electron chi connectivity index (χ1n) is 9.40. The van der Waals surface area contributed by atoms with Crippen molar-refractivity contribution in [2.75, 3.05) is 6.61 Å². The topological polar surface area (TPSA) is 67.9 Å². The first-order chi connectivity index (χ1) is 14.1. The fraction of sp³-hybridized carbons (Fsp3) is 0.381. The smallest absolute Gasteiger partial charge is 0.365 e. The monoisotopic (exact) mass is 421 g/mol. The Kier molecular flexibility index (Phi) is 4.88. The van der Waals surface area contributed by atoms with Crippen LogP contribution < -0.4 is 5.43 Å². The molecule has 0 amide bonds. The molecular weight excluding hydrogens is 402 g/mol. The zero-order valence-corrected chi connectivity index (χ0v) is 16.3. The van der Waals surface area contributed by atoms with E-state index in [2.05, 4.69) is 15.0 Å². The Labute approximate surface area is 169 Å². The zero-order chi connectivity index (χ0) is 21.7. The van der Waals surface area contributed by atoms with Gasteiger partial charge in [0.1, 0.15) is 5.82 Å². The average Bonchev–Trinajstić information content (AvgIpc) is 2.69. The van der Waals surface area contributed by atoms with Gasteiger partial charge in [-0.05, 0) is 38.5 Å². The lowest BCUT2D eigenvalue weighted by Crippen LogP contribution is -2.51. The predicted octanol–water partition coefficient (Wildman–Crippen LogP) is 4.37. The molecule has 30 heavy (non-hydrogen) atoms. The number of ether oxygens (including phenoxy) is 1. The Morgan fingerprint density at radius 3 is 2.70 bits per heavy atom. The third kappa shape index (κ3) is 3.47. The molecule has 0 unspecified atom stereocenters. The minimum Gasteiger partial charge on any atom is -0.365 e. The van der Waals surface area contributed by atoms with Gasteiger partial charge in [0.2, 0.25) is 0 Å². The zero-order valence-electron chi connectivity index (χ0n) is 16.3. The summed E-state index contributed by atoms with van der Waals surface area (Å²) in [6.45, 7) is 2.19. The standard InChI is InChI=1S/C21H19F4N3O2/c1-11-15(22)3-4-16(27-11)12-8-20(2,21(23,24)25)30-10-14(12)18-7-19(29)13-9-26-6-5-17(13)28-18/h3-7,9,12,14H,8,10H2,1-2H3,(H,28,29)/t12-,14-,20-/m1/s1. The second-order valence-electron chi connectivity index (χ2n) is 7.77. The van der Waals surface area contributed by atoms with E-state index in [0.717, 1.165) is 6.92 Å². The highest BCUT2D eigenvalue weighted by atomic mass is 19.4. The maximum atomic E-state index is 13.7. The van der Waals surface area contributed by atoms with Crippen LogP contribution in [0.3, 0.4) is 0 Å². The quantitative estimate of drug-likeness (QED) is 0.624. The molecule has 4 heterocycles. The van der Waals surface area contributed by atoms with Gasteiger partial charge in [-0.1, -0.05) is 0 Å². The fourth-order valence-electron chi connectivity index (χ4n) is 3.91. The van der Waals surface area contributed by atoms with Crippen LogP contribution in [-0.2, 0) is 4.74 Å². The van der Waals surface area contributed by atoms with E-state index in [1.807, 2.05) is 0 Å². The molecule has 4 rings (SSSR count). The number of halogens is 4. The van der Waals surface area contributed by atoms with Crippen LogP contribution in [0.1, 0.15) is 42.3 Å². The van der Waals surface area contributed by atoms with E-state index < -0.39 is 35.9 Å². The molecule has 0 bridgehead atoms. The molecule has 9 heteroatoms. The Morgan fingerprint density at radius 2 is 2.00 bits per heavy atom. The molecule has 1 aliphatic heterocycles. The Morgan fingerprint density at radius 1 is 1.23 bits per heavy atom. The number of H-pyrrole nitrogens is 1. The number of pyridine rings is 3. The highest BCUT2D eigenvalue weighted by Crippen LogP contribution is 2.49. The molecule has 0 aliphatic carbocycles. The van der Waals surface area contributed by atoms with Gasteiger partial charge in [0.15, 0.2) is 11.0 Å².